The summed E-state index contributed by atoms with van der Waals surface area (Å²) in [7, 11) is -3.41. The zero-order chi connectivity index (χ0) is 19.4. The van der Waals surface area contributed by atoms with Crippen LogP contribution in [0.3, 0.4) is 0 Å². The van der Waals surface area contributed by atoms with Crippen LogP contribution in [0.4, 0.5) is 0 Å². The molecule has 1 aliphatic carbocycles. The van der Waals surface area contributed by atoms with Crippen LogP contribution in [0.15, 0.2) is 53.6 Å². The highest BCUT2D eigenvalue weighted by molar-refractivity contribution is 7.89. The number of benzene rings is 1. The standard InChI is InChI=1S/C22H29N3O2S/c26-28(27,22-11-9-20(10-12-22)19-6-2-1-3-7-19)25-16-14-24(15-17-25)18-21-8-4-5-13-23-21/h4-5,8-13,19H,1-3,6-7,14-18H2. The molecule has 28 heavy (non-hydrogen) atoms. The zero-order valence-electron chi connectivity index (χ0n) is 16.3. The number of hydrogen-bond donors (Lipinski definition) is 0. The summed E-state index contributed by atoms with van der Waals surface area (Å²) in [6.45, 7) is 3.29. The molecule has 0 spiro atoms. The van der Waals surface area contributed by atoms with Crippen LogP contribution in [0.25, 0.3) is 0 Å². The van der Waals surface area contributed by atoms with Crippen molar-refractivity contribution < 1.29 is 8.42 Å². The lowest BCUT2D eigenvalue weighted by molar-refractivity contribution is 0.180. The summed E-state index contributed by atoms with van der Waals surface area (Å²) in [5.74, 6) is 0.598. The molecular formula is C22H29N3O2S. The number of rotatable bonds is 5. The van der Waals surface area contributed by atoms with E-state index in [0.717, 1.165) is 25.3 Å². The van der Waals surface area contributed by atoms with Gasteiger partial charge in [0, 0.05) is 38.9 Å². The van der Waals surface area contributed by atoms with E-state index in [1.54, 1.807) is 22.6 Å². The second-order valence-electron chi connectivity index (χ2n) is 7.91. The van der Waals surface area contributed by atoms with Crippen molar-refractivity contribution in [1.82, 2.24) is 14.2 Å². The van der Waals surface area contributed by atoms with E-state index in [1.165, 1.54) is 37.7 Å². The van der Waals surface area contributed by atoms with Crippen LogP contribution in [-0.2, 0) is 16.6 Å². The number of sulfonamides is 1. The molecule has 6 heteroatoms. The summed E-state index contributed by atoms with van der Waals surface area (Å²) >= 11 is 0. The van der Waals surface area contributed by atoms with Crippen molar-refractivity contribution in [2.24, 2.45) is 0 Å². The molecule has 0 bridgehead atoms. The van der Waals surface area contributed by atoms with Gasteiger partial charge in [-0.2, -0.15) is 4.31 Å². The van der Waals surface area contributed by atoms with Gasteiger partial charge in [0.05, 0.1) is 10.6 Å². The minimum Gasteiger partial charge on any atom is -0.295 e. The van der Waals surface area contributed by atoms with Crippen LogP contribution < -0.4 is 0 Å². The Morgan fingerprint density at radius 1 is 0.893 bits per heavy atom. The summed E-state index contributed by atoms with van der Waals surface area (Å²) in [5, 5.41) is 0. The first-order valence-corrected chi connectivity index (χ1v) is 11.8. The third-order valence-electron chi connectivity index (χ3n) is 6.04. The molecule has 0 atom stereocenters. The van der Waals surface area contributed by atoms with E-state index < -0.39 is 10.0 Å². The number of piperazine rings is 1. The second kappa shape index (κ2) is 8.72. The molecule has 0 N–H and O–H groups in total. The predicted octanol–water partition coefficient (Wildman–Crippen LogP) is 3.64. The van der Waals surface area contributed by atoms with Gasteiger partial charge in [-0.25, -0.2) is 8.42 Å². The average Bonchev–Trinajstić information content (AvgIpc) is 2.76. The molecule has 2 heterocycles. The van der Waals surface area contributed by atoms with Crippen molar-refractivity contribution in [1.29, 1.82) is 0 Å². The van der Waals surface area contributed by atoms with Crippen molar-refractivity contribution in [3.05, 3.63) is 59.9 Å². The maximum absolute atomic E-state index is 13.0. The molecular weight excluding hydrogens is 370 g/mol. The van der Waals surface area contributed by atoms with Gasteiger partial charge in [0.2, 0.25) is 10.0 Å². The smallest absolute Gasteiger partial charge is 0.243 e. The van der Waals surface area contributed by atoms with Gasteiger partial charge < -0.3 is 0 Å². The fourth-order valence-corrected chi connectivity index (χ4v) is 5.77. The molecule has 2 aliphatic rings. The lowest BCUT2D eigenvalue weighted by Gasteiger charge is -2.33. The van der Waals surface area contributed by atoms with E-state index >= 15 is 0 Å². The predicted molar refractivity (Wildman–Crippen MR) is 111 cm³/mol. The molecule has 2 fully saturated rings. The molecule has 5 nitrogen and oxygen atoms in total. The Bertz CT molecular complexity index is 854. The SMILES string of the molecule is O=S(=O)(c1ccc(C2CCCCC2)cc1)N1CCN(Cc2ccccn2)CC1. The Morgan fingerprint density at radius 2 is 1.61 bits per heavy atom. The lowest BCUT2D eigenvalue weighted by atomic mass is 9.84. The Morgan fingerprint density at radius 3 is 2.25 bits per heavy atom. The van der Waals surface area contributed by atoms with Crippen LogP contribution in [-0.4, -0.2) is 48.8 Å². The van der Waals surface area contributed by atoms with E-state index in [4.69, 9.17) is 0 Å². The minimum absolute atomic E-state index is 0.422. The fraction of sp³-hybridized carbons (Fsp3) is 0.500. The van der Waals surface area contributed by atoms with Gasteiger partial charge in [-0.15, -0.1) is 0 Å². The molecule has 1 saturated heterocycles. The highest BCUT2D eigenvalue weighted by atomic mass is 32.2. The third-order valence-corrected chi connectivity index (χ3v) is 7.95. The molecule has 4 rings (SSSR count). The van der Waals surface area contributed by atoms with Crippen molar-refractivity contribution in [3.63, 3.8) is 0 Å². The number of nitrogens with zero attached hydrogens (tertiary/aromatic N) is 3. The average molecular weight is 400 g/mol. The summed E-state index contributed by atoms with van der Waals surface area (Å²) in [5.41, 5.74) is 2.32. The Kier molecular flexibility index (Phi) is 6.09. The van der Waals surface area contributed by atoms with Crippen LogP contribution in [0.5, 0.6) is 0 Å². The maximum Gasteiger partial charge on any atom is 0.243 e. The molecule has 0 unspecified atom stereocenters. The summed E-state index contributed by atoms with van der Waals surface area (Å²) < 4.78 is 27.7. The topological polar surface area (TPSA) is 53.5 Å². The Labute approximate surface area is 168 Å². The number of pyridine rings is 1. The highest BCUT2D eigenvalue weighted by Gasteiger charge is 2.28. The zero-order valence-corrected chi connectivity index (χ0v) is 17.2. The Hall–Kier alpha value is -1.76. The normalized spacial score (nSPS) is 20.3. The van der Waals surface area contributed by atoms with E-state index in [0.29, 0.717) is 23.9 Å². The molecule has 0 radical (unpaired) electrons. The highest BCUT2D eigenvalue weighted by Crippen LogP contribution is 2.33. The largest absolute Gasteiger partial charge is 0.295 e. The molecule has 150 valence electrons. The van der Waals surface area contributed by atoms with Crippen LogP contribution in [0.1, 0.15) is 49.3 Å². The van der Waals surface area contributed by atoms with Gasteiger partial charge >= 0.3 is 0 Å². The van der Waals surface area contributed by atoms with E-state index in [-0.39, 0.29) is 0 Å². The van der Waals surface area contributed by atoms with Gasteiger partial charge in [-0.05, 0) is 48.6 Å². The number of aromatic nitrogens is 1. The molecule has 1 aliphatic heterocycles. The van der Waals surface area contributed by atoms with Crippen molar-refractivity contribution >= 4 is 10.0 Å². The summed E-state index contributed by atoms with van der Waals surface area (Å²) in [6.07, 6.45) is 8.15. The molecule has 1 aromatic heterocycles. The first-order chi connectivity index (χ1) is 13.6. The maximum atomic E-state index is 13.0. The van der Waals surface area contributed by atoms with Crippen LogP contribution in [0.2, 0.25) is 0 Å². The van der Waals surface area contributed by atoms with Crippen LogP contribution >= 0.6 is 0 Å². The van der Waals surface area contributed by atoms with Crippen molar-refractivity contribution in [2.75, 3.05) is 26.2 Å². The fourth-order valence-electron chi connectivity index (χ4n) is 4.35. The molecule has 1 saturated carbocycles. The monoisotopic (exact) mass is 399 g/mol. The van der Waals surface area contributed by atoms with Crippen molar-refractivity contribution in [2.45, 2.75) is 49.5 Å². The van der Waals surface area contributed by atoms with E-state index in [9.17, 15) is 8.42 Å². The molecule has 0 amide bonds. The van der Waals surface area contributed by atoms with Crippen molar-refractivity contribution in [3.8, 4) is 0 Å². The third kappa shape index (κ3) is 4.45. The minimum atomic E-state index is -3.41. The van der Waals surface area contributed by atoms with Crippen LogP contribution in [0, 0.1) is 0 Å². The van der Waals surface area contributed by atoms with Gasteiger partial charge in [0.15, 0.2) is 0 Å². The molecule has 1 aromatic carbocycles. The first-order valence-electron chi connectivity index (χ1n) is 10.4. The van der Waals surface area contributed by atoms with E-state index in [2.05, 4.69) is 9.88 Å². The lowest BCUT2D eigenvalue weighted by Crippen LogP contribution is -2.48. The summed E-state index contributed by atoms with van der Waals surface area (Å²) in [6, 6.07) is 13.6. The van der Waals surface area contributed by atoms with Gasteiger partial charge in [-0.1, -0.05) is 37.5 Å². The first kappa shape index (κ1) is 19.6. The summed E-state index contributed by atoms with van der Waals surface area (Å²) in [4.78, 5) is 7.05. The quantitative estimate of drug-likeness (QED) is 0.770. The molecule has 2 aromatic rings. The second-order valence-corrected chi connectivity index (χ2v) is 9.84. The Balaban J connectivity index is 1.37. The number of hydrogen-bond acceptors (Lipinski definition) is 4. The van der Waals surface area contributed by atoms with Gasteiger partial charge in [0.25, 0.3) is 0 Å². The van der Waals surface area contributed by atoms with E-state index in [1.807, 2.05) is 30.3 Å². The van der Waals surface area contributed by atoms with Gasteiger partial charge in [0.1, 0.15) is 0 Å². The van der Waals surface area contributed by atoms with Gasteiger partial charge in [-0.3, -0.25) is 9.88 Å².